The molecule has 1 aromatic heterocycles. The zero-order chi connectivity index (χ0) is 10.7. The van der Waals surface area contributed by atoms with Crippen LogP contribution in [0.2, 0.25) is 0 Å². The largest absolute Gasteiger partial charge is 0.386 e. The van der Waals surface area contributed by atoms with E-state index in [9.17, 15) is 9.50 Å². The average Bonchev–Trinajstić information content (AvgIpc) is 2.48. The maximum absolute atomic E-state index is 13.3. The lowest BCUT2D eigenvalue weighted by Gasteiger charge is -2.20. The van der Waals surface area contributed by atoms with Crippen molar-refractivity contribution in [2.75, 3.05) is 0 Å². The van der Waals surface area contributed by atoms with Gasteiger partial charge in [-0.05, 0) is 5.92 Å². The SMILES string of the molecule is CCC(CC)[C@H](O)c1c(F)cnn1C. The molecule has 0 amide bonds. The van der Waals surface area contributed by atoms with Crippen LogP contribution in [0.3, 0.4) is 0 Å². The highest BCUT2D eigenvalue weighted by Gasteiger charge is 2.23. The van der Waals surface area contributed by atoms with E-state index in [2.05, 4.69) is 5.10 Å². The van der Waals surface area contributed by atoms with Crippen molar-refractivity contribution >= 4 is 0 Å². The van der Waals surface area contributed by atoms with E-state index in [-0.39, 0.29) is 5.92 Å². The summed E-state index contributed by atoms with van der Waals surface area (Å²) >= 11 is 0. The van der Waals surface area contributed by atoms with Crippen LogP contribution in [-0.4, -0.2) is 14.9 Å². The highest BCUT2D eigenvalue weighted by atomic mass is 19.1. The zero-order valence-corrected chi connectivity index (χ0v) is 8.87. The summed E-state index contributed by atoms with van der Waals surface area (Å²) in [5, 5.41) is 13.7. The quantitative estimate of drug-likeness (QED) is 0.807. The topological polar surface area (TPSA) is 38.1 Å². The van der Waals surface area contributed by atoms with E-state index in [0.717, 1.165) is 19.0 Å². The van der Waals surface area contributed by atoms with Crippen LogP contribution in [0.25, 0.3) is 0 Å². The molecule has 0 spiro atoms. The molecule has 1 rings (SSSR count). The van der Waals surface area contributed by atoms with Gasteiger partial charge in [-0.1, -0.05) is 26.7 Å². The second kappa shape index (κ2) is 4.55. The van der Waals surface area contributed by atoms with Crippen LogP contribution in [0.1, 0.15) is 38.5 Å². The molecular weight excluding hydrogens is 183 g/mol. The Hall–Kier alpha value is -0.900. The Morgan fingerprint density at radius 1 is 1.50 bits per heavy atom. The highest BCUT2D eigenvalue weighted by Crippen LogP contribution is 2.28. The maximum atomic E-state index is 13.3. The fraction of sp³-hybridized carbons (Fsp3) is 0.700. The Balaban J connectivity index is 2.92. The minimum absolute atomic E-state index is 0.0971. The van der Waals surface area contributed by atoms with E-state index < -0.39 is 11.9 Å². The van der Waals surface area contributed by atoms with Crippen LogP contribution >= 0.6 is 0 Å². The standard InChI is InChI=1S/C10H17FN2O/c1-4-7(5-2)10(14)9-8(11)6-12-13(9)3/h6-7,10,14H,4-5H2,1-3H3/t10-/m0/s1. The minimum Gasteiger partial charge on any atom is -0.386 e. The molecule has 0 aliphatic heterocycles. The van der Waals surface area contributed by atoms with Crippen molar-refractivity contribution in [2.45, 2.75) is 32.8 Å². The van der Waals surface area contributed by atoms with Crippen LogP contribution in [0.4, 0.5) is 4.39 Å². The van der Waals surface area contributed by atoms with Crippen molar-refractivity contribution in [1.82, 2.24) is 9.78 Å². The molecule has 0 aliphatic carbocycles. The molecule has 14 heavy (non-hydrogen) atoms. The van der Waals surface area contributed by atoms with E-state index >= 15 is 0 Å². The number of halogens is 1. The molecule has 4 heteroatoms. The predicted molar refractivity (Wildman–Crippen MR) is 52.2 cm³/mol. The fourth-order valence-corrected chi connectivity index (χ4v) is 1.71. The molecule has 0 aliphatic rings. The molecule has 0 saturated carbocycles. The van der Waals surface area contributed by atoms with Crippen LogP contribution in [0, 0.1) is 11.7 Å². The summed E-state index contributed by atoms with van der Waals surface area (Å²) in [6.45, 7) is 3.98. The van der Waals surface area contributed by atoms with Gasteiger partial charge in [0.25, 0.3) is 0 Å². The van der Waals surface area contributed by atoms with Crippen molar-refractivity contribution in [2.24, 2.45) is 13.0 Å². The predicted octanol–water partition coefficient (Wildman–Crippen LogP) is 2.03. The average molecular weight is 200 g/mol. The lowest BCUT2D eigenvalue weighted by atomic mass is 9.94. The zero-order valence-electron chi connectivity index (χ0n) is 8.87. The molecular formula is C10H17FN2O. The fourth-order valence-electron chi connectivity index (χ4n) is 1.71. The third kappa shape index (κ3) is 1.95. The highest BCUT2D eigenvalue weighted by molar-refractivity contribution is 5.08. The van der Waals surface area contributed by atoms with Crippen molar-refractivity contribution in [1.29, 1.82) is 0 Å². The van der Waals surface area contributed by atoms with Crippen molar-refractivity contribution < 1.29 is 9.50 Å². The first-order chi connectivity index (χ1) is 6.61. The normalized spacial score (nSPS) is 13.6. The van der Waals surface area contributed by atoms with Crippen LogP contribution in [0.15, 0.2) is 6.20 Å². The summed E-state index contributed by atoms with van der Waals surface area (Å²) in [6.07, 6.45) is 2.06. The molecule has 0 radical (unpaired) electrons. The molecule has 0 saturated heterocycles. The Labute approximate surface area is 83.6 Å². The second-order valence-corrected chi connectivity index (χ2v) is 3.52. The first-order valence-electron chi connectivity index (χ1n) is 4.97. The van der Waals surface area contributed by atoms with Crippen molar-refractivity contribution in [3.63, 3.8) is 0 Å². The van der Waals surface area contributed by atoms with Gasteiger partial charge in [0.1, 0.15) is 11.8 Å². The molecule has 0 aromatic carbocycles. The molecule has 80 valence electrons. The molecule has 3 nitrogen and oxygen atoms in total. The number of aliphatic hydroxyl groups is 1. The summed E-state index contributed by atoms with van der Waals surface area (Å²) in [7, 11) is 1.64. The lowest BCUT2D eigenvalue weighted by Crippen LogP contribution is -2.15. The third-order valence-corrected chi connectivity index (χ3v) is 2.71. The Morgan fingerprint density at radius 2 is 2.07 bits per heavy atom. The summed E-state index contributed by atoms with van der Waals surface area (Å²) in [5.74, 6) is -0.327. The molecule has 0 fully saturated rings. The summed E-state index contributed by atoms with van der Waals surface area (Å²) < 4.78 is 14.7. The van der Waals surface area contributed by atoms with Gasteiger partial charge in [0, 0.05) is 7.05 Å². The maximum Gasteiger partial charge on any atom is 0.166 e. The van der Waals surface area contributed by atoms with Crippen LogP contribution in [0.5, 0.6) is 0 Å². The first-order valence-corrected chi connectivity index (χ1v) is 4.97. The van der Waals surface area contributed by atoms with Gasteiger partial charge in [-0.3, -0.25) is 4.68 Å². The Bertz CT molecular complexity index is 275. The van der Waals surface area contributed by atoms with Gasteiger partial charge in [0.15, 0.2) is 5.82 Å². The molecule has 1 heterocycles. The molecule has 0 bridgehead atoms. The number of hydrogen-bond donors (Lipinski definition) is 1. The van der Waals surface area contributed by atoms with Crippen molar-refractivity contribution in [3.05, 3.63) is 17.7 Å². The molecule has 1 aromatic rings. The Kier molecular flexibility index (Phi) is 3.63. The number of nitrogens with zero attached hydrogens (tertiary/aromatic N) is 2. The number of aromatic nitrogens is 2. The number of aliphatic hydroxyl groups excluding tert-OH is 1. The van der Waals surface area contributed by atoms with Gasteiger partial charge < -0.3 is 5.11 Å². The number of rotatable bonds is 4. The number of hydrogen-bond acceptors (Lipinski definition) is 2. The van der Waals surface area contributed by atoms with Gasteiger partial charge in [-0.2, -0.15) is 5.10 Å². The smallest absolute Gasteiger partial charge is 0.166 e. The molecule has 1 atom stereocenters. The van der Waals surface area contributed by atoms with E-state index in [1.807, 2.05) is 13.8 Å². The van der Waals surface area contributed by atoms with Crippen molar-refractivity contribution in [3.8, 4) is 0 Å². The lowest BCUT2D eigenvalue weighted by molar-refractivity contribution is 0.0916. The summed E-state index contributed by atoms with van der Waals surface area (Å²) in [5.41, 5.74) is 0.290. The first kappa shape index (κ1) is 11.2. The van der Waals surface area contributed by atoms with Gasteiger partial charge in [-0.25, -0.2) is 4.39 Å². The van der Waals surface area contributed by atoms with Gasteiger partial charge in [-0.15, -0.1) is 0 Å². The molecule has 0 unspecified atom stereocenters. The Morgan fingerprint density at radius 3 is 2.43 bits per heavy atom. The summed E-state index contributed by atoms with van der Waals surface area (Å²) in [4.78, 5) is 0. The van der Waals surface area contributed by atoms with E-state index in [1.165, 1.54) is 4.68 Å². The second-order valence-electron chi connectivity index (χ2n) is 3.52. The van der Waals surface area contributed by atoms with Crippen LogP contribution < -0.4 is 0 Å². The summed E-state index contributed by atoms with van der Waals surface area (Å²) in [6, 6.07) is 0. The van der Waals surface area contributed by atoms with E-state index in [1.54, 1.807) is 7.05 Å². The van der Waals surface area contributed by atoms with E-state index in [0.29, 0.717) is 5.69 Å². The van der Waals surface area contributed by atoms with Gasteiger partial charge in [0.05, 0.1) is 6.20 Å². The van der Waals surface area contributed by atoms with Gasteiger partial charge >= 0.3 is 0 Å². The van der Waals surface area contributed by atoms with Gasteiger partial charge in [0.2, 0.25) is 0 Å². The monoisotopic (exact) mass is 200 g/mol. The minimum atomic E-state index is -0.752. The van der Waals surface area contributed by atoms with Crippen LogP contribution in [-0.2, 0) is 7.05 Å². The number of aryl methyl sites for hydroxylation is 1. The third-order valence-electron chi connectivity index (χ3n) is 2.71. The van der Waals surface area contributed by atoms with E-state index in [4.69, 9.17) is 0 Å². The molecule has 1 N–H and O–H groups in total.